The van der Waals surface area contributed by atoms with Crippen LogP contribution >= 0.6 is 0 Å². The molecule has 0 heterocycles. The maximum atomic E-state index is 5.93. The molecular formula is C16H26N2O. The summed E-state index contributed by atoms with van der Waals surface area (Å²) in [5.74, 6) is 1.72. The van der Waals surface area contributed by atoms with Crippen LogP contribution in [0.15, 0.2) is 18.2 Å². The summed E-state index contributed by atoms with van der Waals surface area (Å²) in [5, 5.41) is 3.62. The van der Waals surface area contributed by atoms with E-state index < -0.39 is 0 Å². The van der Waals surface area contributed by atoms with E-state index in [0.717, 1.165) is 23.0 Å². The lowest BCUT2D eigenvalue weighted by Gasteiger charge is -2.19. The Labute approximate surface area is 116 Å². The Kier molecular flexibility index (Phi) is 4.94. The molecular weight excluding hydrogens is 236 g/mol. The van der Waals surface area contributed by atoms with Crippen molar-refractivity contribution in [3.63, 3.8) is 0 Å². The van der Waals surface area contributed by atoms with Crippen molar-refractivity contribution in [2.24, 2.45) is 5.92 Å². The van der Waals surface area contributed by atoms with Crippen molar-refractivity contribution in [3.05, 3.63) is 18.2 Å². The molecule has 1 saturated carbocycles. The van der Waals surface area contributed by atoms with Gasteiger partial charge in [0.15, 0.2) is 0 Å². The molecule has 3 nitrogen and oxygen atoms in total. The molecule has 0 saturated heterocycles. The summed E-state index contributed by atoms with van der Waals surface area (Å²) in [6, 6.07) is 6.50. The fourth-order valence-corrected chi connectivity index (χ4v) is 2.82. The van der Waals surface area contributed by atoms with Gasteiger partial charge in [-0.2, -0.15) is 0 Å². The number of anilines is 2. The average Bonchev–Trinajstić information content (AvgIpc) is 2.54. The number of ether oxygens (including phenoxy) is 1. The molecule has 2 rings (SSSR count). The van der Waals surface area contributed by atoms with Gasteiger partial charge in [0.2, 0.25) is 0 Å². The molecule has 1 aliphatic carbocycles. The summed E-state index contributed by atoms with van der Waals surface area (Å²) in [5.41, 5.74) is 7.77. The van der Waals surface area contributed by atoms with Gasteiger partial charge in [0.1, 0.15) is 5.75 Å². The molecule has 0 aromatic heterocycles. The van der Waals surface area contributed by atoms with Crippen LogP contribution in [-0.2, 0) is 0 Å². The molecule has 0 bridgehead atoms. The van der Waals surface area contributed by atoms with Crippen LogP contribution < -0.4 is 15.8 Å². The average molecular weight is 262 g/mol. The van der Waals surface area contributed by atoms with E-state index in [0.29, 0.717) is 12.6 Å². The van der Waals surface area contributed by atoms with Crippen molar-refractivity contribution in [2.75, 3.05) is 17.7 Å². The topological polar surface area (TPSA) is 47.3 Å². The van der Waals surface area contributed by atoms with Crippen LogP contribution in [0.5, 0.6) is 5.75 Å². The van der Waals surface area contributed by atoms with Gasteiger partial charge in [0, 0.05) is 29.5 Å². The van der Waals surface area contributed by atoms with Crippen molar-refractivity contribution in [2.45, 2.75) is 52.0 Å². The summed E-state index contributed by atoms with van der Waals surface area (Å²) in [6.07, 6.45) is 6.50. The van der Waals surface area contributed by atoms with Crippen molar-refractivity contribution < 1.29 is 4.74 Å². The zero-order chi connectivity index (χ0) is 13.7. The molecule has 1 aromatic carbocycles. The number of nitrogens with two attached hydrogens (primary N) is 1. The smallest absolute Gasteiger partial charge is 0.123 e. The second-order valence-electron chi connectivity index (χ2n) is 5.68. The van der Waals surface area contributed by atoms with Crippen LogP contribution in [0.2, 0.25) is 0 Å². The van der Waals surface area contributed by atoms with E-state index in [-0.39, 0.29) is 0 Å². The van der Waals surface area contributed by atoms with Gasteiger partial charge in [-0.15, -0.1) is 0 Å². The second-order valence-corrected chi connectivity index (χ2v) is 5.68. The minimum Gasteiger partial charge on any atom is -0.494 e. The zero-order valence-electron chi connectivity index (χ0n) is 12.1. The van der Waals surface area contributed by atoms with E-state index in [9.17, 15) is 0 Å². The first-order valence-corrected chi connectivity index (χ1v) is 7.47. The van der Waals surface area contributed by atoms with Crippen LogP contribution in [0.3, 0.4) is 0 Å². The number of hydrogen-bond donors (Lipinski definition) is 2. The van der Waals surface area contributed by atoms with Gasteiger partial charge < -0.3 is 15.8 Å². The van der Waals surface area contributed by atoms with Gasteiger partial charge in [-0.3, -0.25) is 0 Å². The predicted octanol–water partition coefficient (Wildman–Crippen LogP) is 4.05. The van der Waals surface area contributed by atoms with Gasteiger partial charge >= 0.3 is 0 Å². The summed E-state index contributed by atoms with van der Waals surface area (Å²) < 4.78 is 5.54. The Morgan fingerprint density at radius 1 is 1.21 bits per heavy atom. The summed E-state index contributed by atoms with van der Waals surface area (Å²) in [4.78, 5) is 0. The molecule has 3 heteroatoms. The highest BCUT2D eigenvalue weighted by molar-refractivity contribution is 5.59. The maximum absolute atomic E-state index is 5.93. The number of rotatable bonds is 4. The minimum absolute atomic E-state index is 0.571. The number of benzene rings is 1. The summed E-state index contributed by atoms with van der Waals surface area (Å²) in [7, 11) is 0. The summed E-state index contributed by atoms with van der Waals surface area (Å²) in [6.45, 7) is 5.02. The van der Waals surface area contributed by atoms with E-state index in [4.69, 9.17) is 10.5 Å². The standard InChI is InChI=1S/C16H26N2O/c1-3-19-16-10-13(17)9-15(11-16)18-14-6-4-5-12(2)7-8-14/h9-12,14,18H,3-8,17H2,1-2H3. The fraction of sp³-hybridized carbons (Fsp3) is 0.625. The molecule has 1 aromatic rings. The predicted molar refractivity (Wildman–Crippen MR) is 81.7 cm³/mol. The Morgan fingerprint density at radius 2 is 2.05 bits per heavy atom. The first kappa shape index (κ1) is 14.0. The third kappa shape index (κ3) is 4.34. The lowest BCUT2D eigenvalue weighted by atomic mass is 10.0. The first-order chi connectivity index (χ1) is 9.17. The molecule has 1 fully saturated rings. The molecule has 0 amide bonds. The summed E-state index contributed by atoms with van der Waals surface area (Å²) >= 11 is 0. The molecule has 0 aliphatic heterocycles. The molecule has 1 aliphatic rings. The SMILES string of the molecule is CCOc1cc(N)cc(NC2CCCC(C)CC2)c1. The molecule has 0 radical (unpaired) electrons. The quantitative estimate of drug-likeness (QED) is 0.635. The minimum atomic E-state index is 0.571. The normalized spacial score (nSPS) is 23.7. The van der Waals surface area contributed by atoms with Crippen LogP contribution in [0.1, 0.15) is 46.0 Å². The van der Waals surface area contributed by atoms with Gasteiger partial charge in [0.05, 0.1) is 6.61 Å². The maximum Gasteiger partial charge on any atom is 0.123 e. The zero-order valence-corrected chi connectivity index (χ0v) is 12.1. The van der Waals surface area contributed by atoms with Crippen LogP contribution in [0.4, 0.5) is 11.4 Å². The van der Waals surface area contributed by atoms with Gasteiger partial charge in [-0.25, -0.2) is 0 Å². The lowest BCUT2D eigenvalue weighted by Crippen LogP contribution is -2.18. The van der Waals surface area contributed by atoms with E-state index in [1.54, 1.807) is 0 Å². The van der Waals surface area contributed by atoms with Crippen LogP contribution in [0, 0.1) is 5.92 Å². The Hall–Kier alpha value is -1.38. The van der Waals surface area contributed by atoms with Crippen molar-refractivity contribution in [1.82, 2.24) is 0 Å². The van der Waals surface area contributed by atoms with E-state index in [1.807, 2.05) is 25.1 Å². The van der Waals surface area contributed by atoms with Crippen LogP contribution in [-0.4, -0.2) is 12.6 Å². The van der Waals surface area contributed by atoms with Gasteiger partial charge in [-0.05, 0) is 38.2 Å². The van der Waals surface area contributed by atoms with E-state index >= 15 is 0 Å². The van der Waals surface area contributed by atoms with E-state index in [1.165, 1.54) is 32.1 Å². The van der Waals surface area contributed by atoms with Crippen molar-refractivity contribution in [3.8, 4) is 5.75 Å². The molecule has 2 atom stereocenters. The fourth-order valence-electron chi connectivity index (χ4n) is 2.82. The number of nitrogens with one attached hydrogen (secondary N) is 1. The largest absolute Gasteiger partial charge is 0.494 e. The molecule has 3 N–H and O–H groups in total. The highest BCUT2D eigenvalue weighted by atomic mass is 16.5. The van der Waals surface area contributed by atoms with Crippen molar-refractivity contribution in [1.29, 1.82) is 0 Å². The van der Waals surface area contributed by atoms with E-state index in [2.05, 4.69) is 12.2 Å². The molecule has 2 unspecified atom stereocenters. The van der Waals surface area contributed by atoms with Gasteiger partial charge in [0.25, 0.3) is 0 Å². The van der Waals surface area contributed by atoms with Gasteiger partial charge in [-0.1, -0.05) is 19.8 Å². The van der Waals surface area contributed by atoms with Crippen molar-refractivity contribution >= 4 is 11.4 Å². The first-order valence-electron chi connectivity index (χ1n) is 7.47. The third-order valence-corrected chi connectivity index (χ3v) is 3.87. The molecule has 106 valence electrons. The number of hydrogen-bond acceptors (Lipinski definition) is 3. The Balaban J connectivity index is 2.01. The molecule has 0 spiro atoms. The highest BCUT2D eigenvalue weighted by Crippen LogP contribution is 2.28. The highest BCUT2D eigenvalue weighted by Gasteiger charge is 2.16. The molecule has 19 heavy (non-hydrogen) atoms. The third-order valence-electron chi connectivity index (χ3n) is 3.87. The number of nitrogen functional groups attached to an aromatic ring is 1. The second kappa shape index (κ2) is 6.69. The van der Waals surface area contributed by atoms with Crippen LogP contribution in [0.25, 0.3) is 0 Å². The lowest BCUT2D eigenvalue weighted by molar-refractivity contribution is 0.340. The monoisotopic (exact) mass is 262 g/mol. The Morgan fingerprint density at radius 3 is 2.84 bits per heavy atom. The Bertz CT molecular complexity index is 406.